The summed E-state index contributed by atoms with van der Waals surface area (Å²) in [6.07, 6.45) is 4.79. The number of rotatable bonds is 3. The van der Waals surface area contributed by atoms with Crippen molar-refractivity contribution in [3.63, 3.8) is 0 Å². The minimum atomic E-state index is -0.758. The third-order valence-electron chi connectivity index (χ3n) is 4.14. The molecule has 18 heavy (non-hydrogen) atoms. The van der Waals surface area contributed by atoms with Gasteiger partial charge in [0.25, 0.3) is 0 Å². The van der Waals surface area contributed by atoms with Crippen LogP contribution in [0.25, 0.3) is 0 Å². The number of nitrogens with one attached hydrogen (secondary N) is 1. The molecule has 4 N–H and O–H groups in total. The van der Waals surface area contributed by atoms with Crippen LogP contribution in [-0.2, 0) is 9.53 Å². The van der Waals surface area contributed by atoms with E-state index in [9.17, 15) is 9.90 Å². The van der Waals surface area contributed by atoms with E-state index in [4.69, 9.17) is 10.5 Å². The smallest absolute Gasteiger partial charge is 0.240 e. The maximum Gasteiger partial charge on any atom is 0.240 e. The molecule has 2 aliphatic rings. The fraction of sp³-hybridized carbons (Fsp3) is 0.923. The third-order valence-corrected chi connectivity index (χ3v) is 4.14. The minimum absolute atomic E-state index is 0.0640. The molecule has 0 aromatic heterocycles. The van der Waals surface area contributed by atoms with Gasteiger partial charge in [-0.3, -0.25) is 4.79 Å². The largest absolute Gasteiger partial charge is 0.393 e. The Morgan fingerprint density at radius 1 is 1.39 bits per heavy atom. The number of ether oxygens (including phenoxy) is 1. The average molecular weight is 256 g/mol. The molecule has 1 saturated carbocycles. The fourth-order valence-electron chi connectivity index (χ4n) is 2.82. The summed E-state index contributed by atoms with van der Waals surface area (Å²) in [6.45, 7) is 1.76. The molecule has 1 aliphatic heterocycles. The number of aliphatic hydroxyl groups excluding tert-OH is 1. The number of carbonyl (C=O) groups is 1. The van der Waals surface area contributed by atoms with Crippen molar-refractivity contribution >= 4 is 5.91 Å². The molecule has 1 amide bonds. The van der Waals surface area contributed by atoms with E-state index in [0.717, 1.165) is 25.7 Å². The number of nitrogens with two attached hydrogens (primary N) is 1. The van der Waals surface area contributed by atoms with Gasteiger partial charge in [-0.05, 0) is 38.0 Å². The SMILES string of the molecule is NC1(C(=O)NCC2CCCC(O)C2)CCOCC1. The Labute approximate surface area is 108 Å². The van der Waals surface area contributed by atoms with Crippen molar-refractivity contribution in [1.82, 2.24) is 5.32 Å². The number of carbonyl (C=O) groups excluding carboxylic acids is 1. The Balaban J connectivity index is 1.76. The van der Waals surface area contributed by atoms with Gasteiger partial charge in [0.15, 0.2) is 0 Å². The van der Waals surface area contributed by atoms with Gasteiger partial charge in [-0.1, -0.05) is 6.42 Å². The van der Waals surface area contributed by atoms with Crippen LogP contribution in [0.15, 0.2) is 0 Å². The topological polar surface area (TPSA) is 84.6 Å². The van der Waals surface area contributed by atoms with Crippen molar-refractivity contribution < 1.29 is 14.6 Å². The lowest BCUT2D eigenvalue weighted by atomic mass is 9.86. The third kappa shape index (κ3) is 3.43. The second-order valence-electron chi connectivity index (χ2n) is 5.66. The van der Waals surface area contributed by atoms with E-state index < -0.39 is 5.54 Å². The summed E-state index contributed by atoms with van der Waals surface area (Å²) in [5.41, 5.74) is 5.35. The molecule has 2 fully saturated rings. The summed E-state index contributed by atoms with van der Waals surface area (Å²) in [5, 5.41) is 12.5. The lowest BCUT2D eigenvalue weighted by Crippen LogP contribution is -2.57. The van der Waals surface area contributed by atoms with Gasteiger partial charge in [-0.25, -0.2) is 0 Å². The number of aliphatic hydroxyl groups is 1. The van der Waals surface area contributed by atoms with Crippen LogP contribution in [0.1, 0.15) is 38.5 Å². The lowest BCUT2D eigenvalue weighted by molar-refractivity contribution is -0.130. The van der Waals surface area contributed by atoms with Crippen LogP contribution in [-0.4, -0.2) is 42.4 Å². The van der Waals surface area contributed by atoms with Crippen molar-refractivity contribution in [1.29, 1.82) is 0 Å². The summed E-state index contributed by atoms with van der Waals surface area (Å²) in [6, 6.07) is 0. The minimum Gasteiger partial charge on any atom is -0.393 e. The quantitative estimate of drug-likeness (QED) is 0.671. The van der Waals surface area contributed by atoms with Crippen LogP contribution >= 0.6 is 0 Å². The standard InChI is InChI=1S/C13H24N2O3/c14-13(4-6-18-7-5-13)12(17)15-9-10-2-1-3-11(16)8-10/h10-11,16H,1-9,14H2,(H,15,17). The number of amides is 1. The van der Waals surface area contributed by atoms with Gasteiger partial charge >= 0.3 is 0 Å². The van der Waals surface area contributed by atoms with E-state index in [0.29, 0.717) is 38.5 Å². The summed E-state index contributed by atoms with van der Waals surface area (Å²) in [7, 11) is 0. The van der Waals surface area contributed by atoms with E-state index in [1.807, 2.05) is 0 Å². The van der Waals surface area contributed by atoms with Crippen molar-refractivity contribution in [2.75, 3.05) is 19.8 Å². The molecular weight excluding hydrogens is 232 g/mol. The zero-order valence-electron chi connectivity index (χ0n) is 10.9. The molecule has 1 saturated heterocycles. The second kappa shape index (κ2) is 5.99. The van der Waals surface area contributed by atoms with Crippen molar-refractivity contribution in [3.8, 4) is 0 Å². The Bertz CT molecular complexity index is 290. The van der Waals surface area contributed by atoms with Crippen molar-refractivity contribution in [2.45, 2.75) is 50.2 Å². The molecule has 1 aliphatic carbocycles. The molecule has 5 nitrogen and oxygen atoms in total. The highest BCUT2D eigenvalue weighted by atomic mass is 16.5. The second-order valence-corrected chi connectivity index (χ2v) is 5.66. The summed E-state index contributed by atoms with van der Waals surface area (Å²) in [4.78, 5) is 12.1. The van der Waals surface area contributed by atoms with Gasteiger partial charge in [0.05, 0.1) is 11.6 Å². The predicted octanol–water partition coefficient (Wildman–Crippen LogP) is 0.162. The first-order valence-electron chi connectivity index (χ1n) is 6.93. The van der Waals surface area contributed by atoms with E-state index in [1.54, 1.807) is 0 Å². The van der Waals surface area contributed by atoms with Crippen LogP contribution < -0.4 is 11.1 Å². The Hall–Kier alpha value is -0.650. The highest BCUT2D eigenvalue weighted by Gasteiger charge is 2.36. The zero-order chi connectivity index (χ0) is 13.0. The maximum atomic E-state index is 12.1. The van der Waals surface area contributed by atoms with Crippen LogP contribution in [0.5, 0.6) is 0 Å². The van der Waals surface area contributed by atoms with Crippen LogP contribution in [0.3, 0.4) is 0 Å². The molecule has 0 aromatic rings. The number of hydrogen-bond donors (Lipinski definition) is 3. The van der Waals surface area contributed by atoms with Crippen LogP contribution in [0.2, 0.25) is 0 Å². The summed E-state index contributed by atoms with van der Waals surface area (Å²) >= 11 is 0. The highest BCUT2D eigenvalue weighted by molar-refractivity contribution is 5.86. The first-order valence-corrected chi connectivity index (χ1v) is 6.93. The molecule has 0 spiro atoms. The molecule has 104 valence electrons. The van der Waals surface area contributed by atoms with Gasteiger partial charge in [0.2, 0.25) is 5.91 Å². The monoisotopic (exact) mass is 256 g/mol. The van der Waals surface area contributed by atoms with E-state index >= 15 is 0 Å². The molecule has 0 radical (unpaired) electrons. The maximum absolute atomic E-state index is 12.1. The predicted molar refractivity (Wildman–Crippen MR) is 67.9 cm³/mol. The molecule has 0 bridgehead atoms. The molecule has 5 heteroatoms. The van der Waals surface area contributed by atoms with E-state index in [-0.39, 0.29) is 12.0 Å². The van der Waals surface area contributed by atoms with Gasteiger partial charge in [-0.15, -0.1) is 0 Å². The van der Waals surface area contributed by atoms with Crippen molar-refractivity contribution in [3.05, 3.63) is 0 Å². The van der Waals surface area contributed by atoms with E-state index in [1.165, 1.54) is 0 Å². The molecule has 2 unspecified atom stereocenters. The first kappa shape index (κ1) is 13.8. The van der Waals surface area contributed by atoms with Crippen LogP contribution in [0.4, 0.5) is 0 Å². The summed E-state index contributed by atoms with van der Waals surface area (Å²) < 4.78 is 5.23. The molecule has 2 rings (SSSR count). The highest BCUT2D eigenvalue weighted by Crippen LogP contribution is 2.24. The van der Waals surface area contributed by atoms with Crippen LogP contribution in [0, 0.1) is 5.92 Å². The lowest BCUT2D eigenvalue weighted by Gasteiger charge is -2.33. The molecular formula is C13H24N2O3. The molecule has 0 aromatic carbocycles. The van der Waals surface area contributed by atoms with Crippen molar-refractivity contribution in [2.24, 2.45) is 11.7 Å². The molecule has 1 heterocycles. The Morgan fingerprint density at radius 2 is 2.11 bits per heavy atom. The van der Waals surface area contributed by atoms with E-state index in [2.05, 4.69) is 5.32 Å². The van der Waals surface area contributed by atoms with Gasteiger partial charge < -0.3 is 20.9 Å². The summed E-state index contributed by atoms with van der Waals surface area (Å²) in [5.74, 6) is 0.326. The first-order chi connectivity index (χ1) is 8.60. The normalized spacial score (nSPS) is 31.9. The van der Waals surface area contributed by atoms with Gasteiger partial charge in [0, 0.05) is 19.8 Å². The Kier molecular flexibility index (Phi) is 4.59. The average Bonchev–Trinajstić information content (AvgIpc) is 2.37. The zero-order valence-corrected chi connectivity index (χ0v) is 10.9. The fourth-order valence-corrected chi connectivity index (χ4v) is 2.82. The Morgan fingerprint density at radius 3 is 2.78 bits per heavy atom. The number of hydrogen-bond acceptors (Lipinski definition) is 4. The molecule has 2 atom stereocenters. The van der Waals surface area contributed by atoms with Gasteiger partial charge in [0.1, 0.15) is 0 Å². The van der Waals surface area contributed by atoms with Gasteiger partial charge in [-0.2, -0.15) is 0 Å².